The molecule has 0 N–H and O–H groups in total. The molecule has 0 aliphatic rings. The molecule has 0 spiro atoms. The van der Waals surface area contributed by atoms with E-state index >= 15 is 0 Å². The van der Waals surface area contributed by atoms with Crippen molar-refractivity contribution in [2.24, 2.45) is 0 Å². The zero-order chi connectivity index (χ0) is 20.9. The fourth-order valence-electron chi connectivity index (χ4n) is 4.30. The molecule has 4 aromatic rings. The maximum absolute atomic E-state index is 4.60. The Kier molecular flexibility index (Phi) is 6.18. The summed E-state index contributed by atoms with van der Waals surface area (Å²) in [6.07, 6.45) is 4.98. The molecule has 1 nitrogen and oxygen atoms in total. The Morgan fingerprint density at radius 3 is 1.60 bits per heavy atom. The summed E-state index contributed by atoms with van der Waals surface area (Å²) in [4.78, 5) is 4.60. The molecule has 0 amide bonds. The van der Waals surface area contributed by atoms with Crippen LogP contribution in [0.15, 0.2) is 109 Å². The number of pyridine rings is 1. The summed E-state index contributed by atoms with van der Waals surface area (Å²) in [5.74, 6) is 0. The first kappa shape index (κ1) is 21.0. The van der Waals surface area contributed by atoms with E-state index in [2.05, 4.69) is 131 Å². The van der Waals surface area contributed by atoms with Gasteiger partial charge >= 0.3 is 188 Å². The number of benzene rings is 3. The summed E-state index contributed by atoms with van der Waals surface area (Å²) in [5, 5.41) is 1.08. The first-order valence-corrected chi connectivity index (χ1v) is 14.9. The summed E-state index contributed by atoms with van der Waals surface area (Å²) in [5.41, 5.74) is 2.49. The van der Waals surface area contributed by atoms with E-state index in [-0.39, 0.29) is 0 Å². The molecular weight excluding hydrogens is 449 g/mol. The molecule has 0 aliphatic heterocycles. The molecule has 0 saturated heterocycles. The number of aromatic nitrogens is 1. The molecule has 3 heteroatoms. The number of hydrogen-bond acceptors (Lipinski definition) is 1. The van der Waals surface area contributed by atoms with Gasteiger partial charge in [-0.1, -0.05) is 0 Å². The zero-order valence-corrected chi connectivity index (χ0v) is 19.8. The Bertz CT molecular complexity index is 998. The van der Waals surface area contributed by atoms with Crippen LogP contribution >= 0.6 is 20.8 Å². The van der Waals surface area contributed by atoms with Crippen LogP contribution in [0, 0.1) is 0 Å². The first-order valence-electron chi connectivity index (χ1n) is 10.5. The Labute approximate surface area is 187 Å². The molecule has 152 valence electrons. The third-order valence-electron chi connectivity index (χ3n) is 5.75. The van der Waals surface area contributed by atoms with Crippen LogP contribution in [0.25, 0.3) is 0 Å². The van der Waals surface area contributed by atoms with E-state index in [1.54, 1.807) is 0 Å². The summed E-state index contributed by atoms with van der Waals surface area (Å²) in [6, 6.07) is 37.3. The Morgan fingerprint density at radius 2 is 1.17 bits per heavy atom. The van der Waals surface area contributed by atoms with E-state index < -0.39 is 5.31 Å². The maximum atomic E-state index is 4.60. The quantitative estimate of drug-likeness (QED) is 0.283. The molecule has 0 fully saturated rings. The minimum absolute atomic E-state index is 0.906. The second-order valence-corrected chi connectivity index (χ2v) is 16.7. The van der Waals surface area contributed by atoms with Crippen LogP contribution in [-0.2, 0) is 12.6 Å². The molecule has 1 aromatic heterocycles. The van der Waals surface area contributed by atoms with E-state index in [0.29, 0.717) is 0 Å². The van der Waals surface area contributed by atoms with Gasteiger partial charge in [-0.2, -0.15) is 0 Å². The van der Waals surface area contributed by atoms with Gasteiger partial charge in [-0.25, -0.2) is 0 Å². The number of nitrogens with zero attached hydrogens (tertiary/aromatic N) is 1. The van der Waals surface area contributed by atoms with E-state index in [1.165, 1.54) is 27.2 Å². The molecule has 4 rings (SSSR count). The topological polar surface area (TPSA) is 12.9 Å². The molecule has 0 bridgehead atoms. The first-order chi connectivity index (χ1) is 14.6. The predicted molar refractivity (Wildman–Crippen MR) is 136 cm³/mol. The van der Waals surface area contributed by atoms with Crippen molar-refractivity contribution >= 4 is 36.7 Å². The van der Waals surface area contributed by atoms with Gasteiger partial charge in [0.25, 0.3) is 0 Å². The summed E-state index contributed by atoms with van der Waals surface area (Å²) < 4.78 is 0. The van der Waals surface area contributed by atoms with Crippen molar-refractivity contribution in [1.29, 1.82) is 0 Å². The Morgan fingerprint density at radius 1 is 0.700 bits per heavy atom. The molecule has 3 aromatic carbocycles. The Balaban J connectivity index is 2.02. The van der Waals surface area contributed by atoms with Crippen molar-refractivity contribution in [3.8, 4) is 0 Å². The van der Waals surface area contributed by atoms with Gasteiger partial charge in [0.05, 0.1) is 0 Å². The number of rotatable bonds is 7. The molecule has 1 heterocycles. The average molecular weight is 476 g/mol. The molecule has 0 saturated carbocycles. The van der Waals surface area contributed by atoms with Crippen LogP contribution in [0.3, 0.4) is 0 Å². The summed E-state index contributed by atoms with van der Waals surface area (Å²) >= 11 is 4.53. The molecule has 30 heavy (non-hydrogen) atoms. The monoisotopic (exact) mass is 475 g/mol. The second-order valence-electron chi connectivity index (χ2n) is 7.75. The summed E-state index contributed by atoms with van der Waals surface area (Å²) in [6.45, 7) is 2.21. The van der Waals surface area contributed by atoms with Crippen molar-refractivity contribution in [3.63, 3.8) is 0 Å². The van der Waals surface area contributed by atoms with E-state index in [4.69, 9.17) is 0 Å². The van der Waals surface area contributed by atoms with E-state index in [9.17, 15) is 0 Å². The standard InChI is InChI=1S/C27H27BrNP/c1-2-12-24-21-23(19-20-29-24)22-30(28,25-13-6-3-7-14-25,26-15-8-4-9-16-26)27-17-10-5-11-18-27/h3-11,13-21H,2,12,22H2,1H3. The molecule has 0 aliphatic carbocycles. The second kappa shape index (κ2) is 8.84. The molecule has 0 unspecified atom stereocenters. The fraction of sp³-hybridized carbons (Fsp3) is 0.148. The summed E-state index contributed by atoms with van der Waals surface area (Å²) in [7, 11) is 0. The normalized spacial score (nSPS) is 12.8. The number of aryl methyl sites for hydroxylation is 1. The van der Waals surface area contributed by atoms with Crippen LogP contribution in [0.2, 0.25) is 0 Å². The van der Waals surface area contributed by atoms with Crippen LogP contribution in [-0.4, -0.2) is 4.98 Å². The van der Waals surface area contributed by atoms with Crippen LogP contribution in [0.1, 0.15) is 24.6 Å². The third kappa shape index (κ3) is 3.75. The van der Waals surface area contributed by atoms with Gasteiger partial charge in [0.1, 0.15) is 0 Å². The molecule has 0 atom stereocenters. The third-order valence-corrected chi connectivity index (χ3v) is 15.3. The zero-order valence-electron chi connectivity index (χ0n) is 17.3. The van der Waals surface area contributed by atoms with Crippen LogP contribution in [0.4, 0.5) is 0 Å². The average Bonchev–Trinajstić information content (AvgIpc) is 2.81. The van der Waals surface area contributed by atoms with Crippen molar-refractivity contribution in [2.45, 2.75) is 25.9 Å². The van der Waals surface area contributed by atoms with Crippen LogP contribution in [0.5, 0.6) is 0 Å². The van der Waals surface area contributed by atoms with Crippen molar-refractivity contribution in [3.05, 3.63) is 121 Å². The van der Waals surface area contributed by atoms with Gasteiger partial charge in [0, 0.05) is 0 Å². The predicted octanol–water partition coefficient (Wildman–Crippen LogP) is 6.37. The van der Waals surface area contributed by atoms with Gasteiger partial charge in [-0.3, -0.25) is 0 Å². The van der Waals surface area contributed by atoms with Crippen LogP contribution < -0.4 is 15.9 Å². The molecular formula is C27H27BrNP. The number of hydrogen-bond donors (Lipinski definition) is 0. The SMILES string of the molecule is CCCc1cc(CP(Br)(c2ccccc2)(c2ccccc2)c2ccccc2)ccn1. The van der Waals surface area contributed by atoms with Gasteiger partial charge < -0.3 is 0 Å². The van der Waals surface area contributed by atoms with E-state index in [1.807, 2.05) is 6.20 Å². The molecule has 0 radical (unpaired) electrons. The minimum atomic E-state index is -2.94. The van der Waals surface area contributed by atoms with Crippen molar-refractivity contribution < 1.29 is 0 Å². The van der Waals surface area contributed by atoms with Gasteiger partial charge in [0.15, 0.2) is 0 Å². The van der Waals surface area contributed by atoms with Gasteiger partial charge in [-0.15, -0.1) is 0 Å². The number of halogens is 1. The van der Waals surface area contributed by atoms with E-state index in [0.717, 1.165) is 19.0 Å². The Hall–Kier alpha value is -2.28. The van der Waals surface area contributed by atoms with Gasteiger partial charge in [0.2, 0.25) is 0 Å². The van der Waals surface area contributed by atoms with Gasteiger partial charge in [-0.05, 0) is 0 Å². The van der Waals surface area contributed by atoms with Crippen molar-refractivity contribution in [2.75, 3.05) is 0 Å². The fourth-order valence-corrected chi connectivity index (χ4v) is 12.0. The van der Waals surface area contributed by atoms with Crippen molar-refractivity contribution in [1.82, 2.24) is 4.98 Å².